The molecule has 8 heteroatoms. The number of halogens is 1. The van der Waals surface area contributed by atoms with E-state index in [4.69, 9.17) is 4.74 Å². The summed E-state index contributed by atoms with van der Waals surface area (Å²) in [7, 11) is 0. The monoisotopic (exact) mass is 413 g/mol. The molecule has 2 N–H and O–H groups in total. The standard InChI is InChI=1S/C21H20FN3O3S/c22-16-6-8-18(9-7-16)28-11-10-23-19(26)13-17-14-29-21(24-17)25-20(27)12-15-4-2-1-3-5-15/h1-9,14H,10-13H2,(H,23,26)(H,24,25,27). The van der Waals surface area contributed by atoms with Gasteiger partial charge in [-0.3, -0.25) is 9.59 Å². The Bertz CT molecular complexity index is 945. The van der Waals surface area contributed by atoms with Gasteiger partial charge >= 0.3 is 0 Å². The molecule has 3 rings (SSSR count). The van der Waals surface area contributed by atoms with Gasteiger partial charge in [0, 0.05) is 5.38 Å². The highest BCUT2D eigenvalue weighted by Gasteiger charge is 2.10. The number of rotatable bonds is 9. The van der Waals surface area contributed by atoms with Crippen LogP contribution in [0.2, 0.25) is 0 Å². The number of nitrogens with zero attached hydrogens (tertiary/aromatic N) is 1. The lowest BCUT2D eigenvalue weighted by molar-refractivity contribution is -0.120. The first kappa shape index (κ1) is 20.5. The summed E-state index contributed by atoms with van der Waals surface area (Å²) in [6.07, 6.45) is 0.381. The minimum atomic E-state index is -0.329. The van der Waals surface area contributed by atoms with Crippen molar-refractivity contribution in [3.63, 3.8) is 0 Å². The summed E-state index contributed by atoms with van der Waals surface area (Å²) in [5.41, 5.74) is 1.51. The molecule has 0 aliphatic carbocycles. The van der Waals surface area contributed by atoms with E-state index in [0.29, 0.717) is 23.1 Å². The van der Waals surface area contributed by atoms with Crippen molar-refractivity contribution in [2.45, 2.75) is 12.8 Å². The first-order valence-corrected chi connectivity index (χ1v) is 9.90. The molecule has 0 radical (unpaired) electrons. The first-order valence-electron chi connectivity index (χ1n) is 9.02. The topological polar surface area (TPSA) is 80.3 Å². The second kappa shape index (κ2) is 10.3. The fourth-order valence-electron chi connectivity index (χ4n) is 2.51. The zero-order valence-corrected chi connectivity index (χ0v) is 16.4. The van der Waals surface area contributed by atoms with Crippen molar-refractivity contribution in [1.29, 1.82) is 0 Å². The number of aromatic nitrogens is 1. The number of hydrogen-bond donors (Lipinski definition) is 2. The van der Waals surface area contributed by atoms with E-state index in [1.54, 1.807) is 5.38 Å². The highest BCUT2D eigenvalue weighted by molar-refractivity contribution is 7.13. The van der Waals surface area contributed by atoms with Crippen molar-refractivity contribution in [2.24, 2.45) is 0 Å². The number of hydrogen-bond acceptors (Lipinski definition) is 5. The Morgan fingerprint density at radius 3 is 2.52 bits per heavy atom. The zero-order valence-electron chi connectivity index (χ0n) is 15.6. The summed E-state index contributed by atoms with van der Waals surface area (Å²) in [5.74, 6) is -0.139. The van der Waals surface area contributed by atoms with Gasteiger partial charge in [-0.05, 0) is 29.8 Å². The number of carbonyl (C=O) groups excluding carboxylic acids is 2. The van der Waals surface area contributed by atoms with Crippen LogP contribution in [0.4, 0.5) is 9.52 Å². The quantitative estimate of drug-likeness (QED) is 0.528. The van der Waals surface area contributed by atoms with Gasteiger partial charge in [-0.15, -0.1) is 11.3 Å². The molecule has 0 unspecified atom stereocenters. The fourth-order valence-corrected chi connectivity index (χ4v) is 3.23. The second-order valence-corrected chi connectivity index (χ2v) is 7.04. The molecule has 0 aliphatic rings. The number of ether oxygens (including phenoxy) is 1. The predicted octanol–water partition coefficient (Wildman–Crippen LogP) is 3.20. The van der Waals surface area contributed by atoms with Crippen LogP contribution in [-0.2, 0) is 22.4 Å². The lowest BCUT2D eigenvalue weighted by Crippen LogP contribution is -2.29. The van der Waals surface area contributed by atoms with Gasteiger partial charge < -0.3 is 15.4 Å². The highest BCUT2D eigenvalue weighted by atomic mass is 32.1. The van der Waals surface area contributed by atoms with Gasteiger partial charge in [0.15, 0.2) is 5.13 Å². The largest absolute Gasteiger partial charge is 0.492 e. The van der Waals surface area contributed by atoms with E-state index in [9.17, 15) is 14.0 Å². The minimum Gasteiger partial charge on any atom is -0.492 e. The number of nitrogens with one attached hydrogen (secondary N) is 2. The number of amides is 2. The molecule has 0 fully saturated rings. The van der Waals surface area contributed by atoms with Crippen molar-refractivity contribution in [3.05, 3.63) is 77.1 Å². The average Bonchev–Trinajstić information content (AvgIpc) is 3.14. The van der Waals surface area contributed by atoms with E-state index < -0.39 is 0 Å². The van der Waals surface area contributed by atoms with Crippen LogP contribution in [0.1, 0.15) is 11.3 Å². The minimum absolute atomic E-state index is 0.113. The molecule has 150 valence electrons. The molecule has 0 aliphatic heterocycles. The maximum Gasteiger partial charge on any atom is 0.230 e. The summed E-state index contributed by atoms with van der Waals surface area (Å²) >= 11 is 1.28. The van der Waals surface area contributed by atoms with Gasteiger partial charge in [-0.2, -0.15) is 0 Å². The molecule has 0 atom stereocenters. The Balaban J connectivity index is 1.37. The zero-order chi connectivity index (χ0) is 20.5. The normalized spacial score (nSPS) is 10.4. The second-order valence-electron chi connectivity index (χ2n) is 6.18. The Labute approximate surface area is 171 Å². The van der Waals surface area contributed by atoms with Gasteiger partial charge in [0.2, 0.25) is 11.8 Å². The Morgan fingerprint density at radius 2 is 1.76 bits per heavy atom. The number of benzene rings is 2. The molecule has 6 nitrogen and oxygen atoms in total. The van der Waals surface area contributed by atoms with E-state index in [2.05, 4.69) is 15.6 Å². The Morgan fingerprint density at radius 1 is 1.00 bits per heavy atom. The van der Waals surface area contributed by atoms with Crippen LogP contribution in [0.3, 0.4) is 0 Å². The number of carbonyl (C=O) groups is 2. The smallest absolute Gasteiger partial charge is 0.230 e. The third-order valence-electron chi connectivity index (χ3n) is 3.85. The van der Waals surface area contributed by atoms with Crippen LogP contribution in [0.5, 0.6) is 5.75 Å². The van der Waals surface area contributed by atoms with Crippen molar-refractivity contribution in [2.75, 3.05) is 18.5 Å². The Hall–Kier alpha value is -3.26. The van der Waals surface area contributed by atoms with E-state index in [1.165, 1.54) is 35.6 Å². The summed E-state index contributed by atoms with van der Waals surface area (Å²) in [6.45, 7) is 0.593. The lowest BCUT2D eigenvalue weighted by atomic mass is 10.1. The molecule has 1 heterocycles. The summed E-state index contributed by atoms with van der Waals surface area (Å²) < 4.78 is 18.2. The van der Waals surface area contributed by atoms with Gasteiger partial charge in [-0.25, -0.2) is 9.37 Å². The molecule has 3 aromatic rings. The molecule has 0 bridgehead atoms. The van der Waals surface area contributed by atoms with Crippen LogP contribution >= 0.6 is 11.3 Å². The van der Waals surface area contributed by atoms with Gasteiger partial charge in [0.05, 0.1) is 25.1 Å². The number of anilines is 1. The van der Waals surface area contributed by atoms with Gasteiger partial charge in [0.1, 0.15) is 18.2 Å². The van der Waals surface area contributed by atoms with E-state index in [0.717, 1.165) is 5.56 Å². The van der Waals surface area contributed by atoms with E-state index in [1.807, 2.05) is 30.3 Å². The fraction of sp³-hybridized carbons (Fsp3) is 0.190. The van der Waals surface area contributed by atoms with Crippen LogP contribution < -0.4 is 15.4 Å². The van der Waals surface area contributed by atoms with Crippen molar-refractivity contribution < 1.29 is 18.7 Å². The van der Waals surface area contributed by atoms with Crippen LogP contribution in [0, 0.1) is 5.82 Å². The van der Waals surface area contributed by atoms with Gasteiger partial charge in [0.25, 0.3) is 0 Å². The molecule has 0 saturated carbocycles. The molecule has 2 amide bonds. The first-order chi connectivity index (χ1) is 14.1. The molecule has 0 saturated heterocycles. The molecular formula is C21H20FN3O3S. The summed E-state index contributed by atoms with van der Waals surface area (Å²) in [5, 5.41) is 7.69. The van der Waals surface area contributed by atoms with Crippen molar-refractivity contribution >= 4 is 28.3 Å². The molecule has 2 aromatic carbocycles. The van der Waals surface area contributed by atoms with E-state index >= 15 is 0 Å². The highest BCUT2D eigenvalue weighted by Crippen LogP contribution is 2.16. The van der Waals surface area contributed by atoms with Crippen molar-refractivity contribution in [1.82, 2.24) is 10.3 Å². The summed E-state index contributed by atoms with van der Waals surface area (Å²) in [6, 6.07) is 15.1. The summed E-state index contributed by atoms with van der Waals surface area (Å²) in [4.78, 5) is 28.3. The van der Waals surface area contributed by atoms with Crippen LogP contribution in [0.25, 0.3) is 0 Å². The van der Waals surface area contributed by atoms with E-state index in [-0.39, 0.29) is 37.1 Å². The third-order valence-corrected chi connectivity index (χ3v) is 4.66. The van der Waals surface area contributed by atoms with Crippen LogP contribution in [0.15, 0.2) is 60.0 Å². The molecule has 29 heavy (non-hydrogen) atoms. The number of thiazole rings is 1. The third kappa shape index (κ3) is 7.00. The lowest BCUT2D eigenvalue weighted by Gasteiger charge is -2.07. The van der Waals surface area contributed by atoms with Gasteiger partial charge in [-0.1, -0.05) is 30.3 Å². The van der Waals surface area contributed by atoms with Crippen molar-refractivity contribution in [3.8, 4) is 5.75 Å². The molecule has 1 aromatic heterocycles. The molecule has 0 spiro atoms. The predicted molar refractivity (Wildman–Crippen MR) is 109 cm³/mol. The SMILES string of the molecule is O=C(Cc1csc(NC(=O)Cc2ccccc2)n1)NCCOc1ccc(F)cc1. The van der Waals surface area contributed by atoms with Crippen LogP contribution in [-0.4, -0.2) is 29.9 Å². The maximum absolute atomic E-state index is 12.8. The Kier molecular flexibility index (Phi) is 7.29. The average molecular weight is 413 g/mol. The maximum atomic E-state index is 12.8. The molecular weight excluding hydrogens is 393 g/mol.